The fraction of sp³-hybridized carbons (Fsp3) is 0.500. The SMILES string of the molecule is COc1cc(C(F)(F)F)c(C2=CCN(C(C)C)C2)cn1. The third kappa shape index (κ3) is 2.95. The van der Waals surface area contributed by atoms with Crippen molar-refractivity contribution in [2.45, 2.75) is 26.1 Å². The van der Waals surface area contributed by atoms with Crippen molar-refractivity contribution in [1.29, 1.82) is 0 Å². The normalized spacial score (nSPS) is 16.6. The maximum Gasteiger partial charge on any atom is 0.417 e. The molecule has 3 nitrogen and oxygen atoms in total. The molecule has 2 heterocycles. The van der Waals surface area contributed by atoms with Crippen LogP contribution in [0.4, 0.5) is 13.2 Å². The van der Waals surface area contributed by atoms with Gasteiger partial charge in [0.15, 0.2) is 0 Å². The summed E-state index contributed by atoms with van der Waals surface area (Å²) < 4.78 is 44.2. The topological polar surface area (TPSA) is 25.4 Å². The fourth-order valence-electron chi connectivity index (χ4n) is 2.20. The van der Waals surface area contributed by atoms with Crippen LogP contribution in [0.2, 0.25) is 0 Å². The number of aromatic nitrogens is 1. The molecule has 0 saturated carbocycles. The highest BCUT2D eigenvalue weighted by Crippen LogP contribution is 2.37. The van der Waals surface area contributed by atoms with Crippen LogP contribution in [0.3, 0.4) is 0 Å². The van der Waals surface area contributed by atoms with E-state index in [1.807, 2.05) is 19.9 Å². The summed E-state index contributed by atoms with van der Waals surface area (Å²) in [6.45, 7) is 5.21. The third-order valence-electron chi connectivity index (χ3n) is 3.42. The second-order valence-electron chi connectivity index (χ2n) is 5.02. The van der Waals surface area contributed by atoms with Gasteiger partial charge in [0.1, 0.15) is 0 Å². The highest BCUT2D eigenvalue weighted by Gasteiger charge is 2.36. The number of halogens is 3. The Labute approximate surface area is 116 Å². The van der Waals surface area contributed by atoms with Crippen molar-refractivity contribution in [1.82, 2.24) is 9.88 Å². The van der Waals surface area contributed by atoms with Gasteiger partial charge in [0.2, 0.25) is 5.88 Å². The quantitative estimate of drug-likeness (QED) is 0.853. The van der Waals surface area contributed by atoms with Crippen LogP contribution in [0.5, 0.6) is 5.88 Å². The fourth-order valence-corrected chi connectivity index (χ4v) is 2.20. The Hall–Kier alpha value is -1.56. The molecule has 1 aromatic heterocycles. The van der Waals surface area contributed by atoms with E-state index in [0.717, 1.165) is 6.07 Å². The maximum absolute atomic E-state index is 13.1. The molecular formula is C14H17F3N2O. The minimum Gasteiger partial charge on any atom is -0.481 e. The average Bonchev–Trinajstić information content (AvgIpc) is 2.86. The smallest absolute Gasteiger partial charge is 0.417 e. The first-order valence-corrected chi connectivity index (χ1v) is 6.37. The third-order valence-corrected chi connectivity index (χ3v) is 3.42. The lowest BCUT2D eigenvalue weighted by molar-refractivity contribution is -0.137. The summed E-state index contributed by atoms with van der Waals surface area (Å²) in [6, 6.07) is 1.25. The first-order valence-electron chi connectivity index (χ1n) is 6.37. The van der Waals surface area contributed by atoms with E-state index >= 15 is 0 Å². The van der Waals surface area contributed by atoms with Gasteiger partial charge in [-0.1, -0.05) is 6.08 Å². The molecule has 0 fully saturated rings. The van der Waals surface area contributed by atoms with Crippen molar-refractivity contribution < 1.29 is 17.9 Å². The summed E-state index contributed by atoms with van der Waals surface area (Å²) in [6.07, 6.45) is -1.34. The molecule has 0 aliphatic carbocycles. The molecule has 1 aliphatic rings. The number of pyridine rings is 1. The molecule has 0 atom stereocenters. The monoisotopic (exact) mass is 286 g/mol. The molecule has 1 aliphatic heterocycles. The summed E-state index contributed by atoms with van der Waals surface area (Å²) in [7, 11) is 1.30. The number of rotatable bonds is 3. The molecule has 0 aromatic carbocycles. The Morgan fingerprint density at radius 3 is 2.55 bits per heavy atom. The highest BCUT2D eigenvalue weighted by molar-refractivity contribution is 5.71. The largest absolute Gasteiger partial charge is 0.481 e. The van der Waals surface area contributed by atoms with Crippen molar-refractivity contribution in [3.63, 3.8) is 0 Å². The molecule has 2 rings (SSSR count). The molecular weight excluding hydrogens is 269 g/mol. The molecule has 20 heavy (non-hydrogen) atoms. The molecule has 0 unspecified atom stereocenters. The number of alkyl halides is 3. The van der Waals surface area contributed by atoms with Gasteiger partial charge in [-0.15, -0.1) is 0 Å². The van der Waals surface area contributed by atoms with E-state index in [-0.39, 0.29) is 11.4 Å². The van der Waals surface area contributed by atoms with Crippen LogP contribution in [-0.4, -0.2) is 36.1 Å². The second kappa shape index (κ2) is 5.44. The van der Waals surface area contributed by atoms with Gasteiger partial charge in [0.25, 0.3) is 0 Å². The molecule has 0 N–H and O–H groups in total. The van der Waals surface area contributed by atoms with Gasteiger partial charge in [-0.05, 0) is 19.4 Å². The van der Waals surface area contributed by atoms with E-state index in [9.17, 15) is 13.2 Å². The van der Waals surface area contributed by atoms with Crippen molar-refractivity contribution in [2.24, 2.45) is 0 Å². The van der Waals surface area contributed by atoms with Gasteiger partial charge in [0, 0.05) is 37.0 Å². The molecule has 0 bridgehead atoms. The zero-order valence-electron chi connectivity index (χ0n) is 11.7. The Kier molecular flexibility index (Phi) is 4.04. The van der Waals surface area contributed by atoms with Crippen LogP contribution in [0.1, 0.15) is 25.0 Å². The standard InChI is InChI=1S/C14H17F3N2O/c1-9(2)19-5-4-10(8-19)11-7-18-13(20-3)6-12(11)14(15,16)17/h4,6-7,9H,5,8H2,1-3H3. The first-order chi connectivity index (χ1) is 9.32. The van der Waals surface area contributed by atoms with Crippen molar-refractivity contribution in [3.05, 3.63) is 29.5 Å². The van der Waals surface area contributed by atoms with Gasteiger partial charge in [-0.25, -0.2) is 4.98 Å². The number of nitrogens with zero attached hydrogens (tertiary/aromatic N) is 2. The van der Waals surface area contributed by atoms with Gasteiger partial charge in [0.05, 0.1) is 12.7 Å². The molecule has 6 heteroatoms. The zero-order chi connectivity index (χ0) is 14.9. The van der Waals surface area contributed by atoms with Crippen molar-refractivity contribution in [3.8, 4) is 5.88 Å². The van der Waals surface area contributed by atoms with Crippen LogP contribution >= 0.6 is 0 Å². The highest BCUT2D eigenvalue weighted by atomic mass is 19.4. The minimum atomic E-state index is -4.42. The van der Waals surface area contributed by atoms with E-state index in [2.05, 4.69) is 9.88 Å². The summed E-state index contributed by atoms with van der Waals surface area (Å²) in [5.41, 5.74) is 0.115. The van der Waals surface area contributed by atoms with Crippen LogP contribution in [0.25, 0.3) is 5.57 Å². The Balaban J connectivity index is 2.38. The average molecular weight is 286 g/mol. The molecule has 0 spiro atoms. The predicted molar refractivity (Wildman–Crippen MR) is 70.5 cm³/mol. The van der Waals surface area contributed by atoms with Crippen LogP contribution in [0, 0.1) is 0 Å². The molecule has 1 aromatic rings. The van der Waals surface area contributed by atoms with Crippen molar-refractivity contribution >= 4 is 5.57 Å². The Morgan fingerprint density at radius 2 is 2.05 bits per heavy atom. The van der Waals surface area contributed by atoms with Crippen LogP contribution < -0.4 is 4.74 Å². The van der Waals surface area contributed by atoms with E-state index in [4.69, 9.17) is 4.74 Å². The Bertz CT molecular complexity index is 524. The second-order valence-corrected chi connectivity index (χ2v) is 5.02. The zero-order valence-corrected chi connectivity index (χ0v) is 11.7. The Morgan fingerprint density at radius 1 is 1.35 bits per heavy atom. The minimum absolute atomic E-state index is 0.0274. The lowest BCUT2D eigenvalue weighted by atomic mass is 10.0. The van der Waals surface area contributed by atoms with Crippen LogP contribution in [0.15, 0.2) is 18.3 Å². The molecule has 0 amide bonds. The van der Waals surface area contributed by atoms with E-state index < -0.39 is 11.7 Å². The van der Waals surface area contributed by atoms with Gasteiger partial charge in [-0.3, -0.25) is 4.90 Å². The molecule has 110 valence electrons. The van der Waals surface area contributed by atoms with Gasteiger partial charge < -0.3 is 4.74 Å². The lowest BCUT2D eigenvalue weighted by Crippen LogP contribution is -2.28. The first kappa shape index (κ1) is 14.8. The summed E-state index contributed by atoms with van der Waals surface area (Å²) in [5.74, 6) is -0.0274. The van der Waals surface area contributed by atoms with Crippen LogP contribution in [-0.2, 0) is 6.18 Å². The summed E-state index contributed by atoms with van der Waals surface area (Å²) in [5, 5.41) is 0. The summed E-state index contributed by atoms with van der Waals surface area (Å²) >= 11 is 0. The van der Waals surface area contributed by atoms with E-state index in [0.29, 0.717) is 24.7 Å². The van der Waals surface area contributed by atoms with Gasteiger partial charge in [-0.2, -0.15) is 13.2 Å². The molecule has 0 saturated heterocycles. The number of methoxy groups -OCH3 is 1. The van der Waals surface area contributed by atoms with Crippen molar-refractivity contribution in [2.75, 3.05) is 20.2 Å². The number of ether oxygens (including phenoxy) is 1. The van der Waals surface area contributed by atoms with Gasteiger partial charge >= 0.3 is 6.18 Å². The summed E-state index contributed by atoms with van der Waals surface area (Å²) in [4.78, 5) is 6.00. The van der Waals surface area contributed by atoms with E-state index in [1.165, 1.54) is 13.3 Å². The lowest BCUT2D eigenvalue weighted by Gasteiger charge is -2.21. The number of hydrogen-bond acceptors (Lipinski definition) is 3. The number of hydrogen-bond donors (Lipinski definition) is 0. The molecule has 0 radical (unpaired) electrons. The maximum atomic E-state index is 13.1. The predicted octanol–water partition coefficient (Wildman–Crippen LogP) is 3.22. The van der Waals surface area contributed by atoms with E-state index in [1.54, 1.807) is 0 Å².